The molecule has 1 aliphatic carbocycles. The highest BCUT2D eigenvalue weighted by Gasteiger charge is 2.29. The molecule has 1 atom stereocenters. The highest BCUT2D eigenvalue weighted by molar-refractivity contribution is 5.94. The van der Waals surface area contributed by atoms with Gasteiger partial charge in [0.2, 0.25) is 0 Å². The van der Waals surface area contributed by atoms with Crippen LogP contribution in [-0.2, 0) is 11.2 Å². The van der Waals surface area contributed by atoms with Gasteiger partial charge < -0.3 is 10.1 Å². The van der Waals surface area contributed by atoms with E-state index in [1.165, 1.54) is 18.3 Å². The molecule has 1 amide bonds. The number of carbonyl (C=O) groups excluding carboxylic acids is 2. The van der Waals surface area contributed by atoms with Crippen LogP contribution in [0.5, 0.6) is 5.75 Å². The van der Waals surface area contributed by atoms with Crippen molar-refractivity contribution in [2.75, 3.05) is 6.61 Å². The molecule has 0 aliphatic heterocycles. The van der Waals surface area contributed by atoms with Crippen LogP contribution in [0.1, 0.15) is 47.4 Å². The lowest BCUT2D eigenvalue weighted by Crippen LogP contribution is -2.27. The number of hydrogen-bond donors (Lipinski definition) is 1. The zero-order valence-electron chi connectivity index (χ0n) is 15.8. The van der Waals surface area contributed by atoms with E-state index >= 15 is 0 Å². The van der Waals surface area contributed by atoms with E-state index in [1.807, 2.05) is 0 Å². The second-order valence-electron chi connectivity index (χ2n) is 7.12. The topological polar surface area (TPSA) is 68.3 Å². The molecule has 1 fully saturated rings. The molecule has 0 bridgehead atoms. The summed E-state index contributed by atoms with van der Waals surface area (Å²) >= 11 is 0. The van der Waals surface area contributed by atoms with E-state index in [-0.39, 0.29) is 35.8 Å². The Bertz CT molecular complexity index is 877. The molecule has 1 aromatic heterocycles. The summed E-state index contributed by atoms with van der Waals surface area (Å²) in [6.45, 7) is 0.411. The van der Waals surface area contributed by atoms with Crippen LogP contribution in [0.4, 0.5) is 13.2 Å². The number of halogens is 3. The molecular weight excluding hydrogens is 385 g/mol. The Labute approximate surface area is 166 Å². The molecule has 0 spiro atoms. The normalized spacial score (nSPS) is 14.9. The number of Topliss-reactive ketones (excluding diaryl/α,β-unsaturated/α-hetero) is 1. The summed E-state index contributed by atoms with van der Waals surface area (Å²) in [6.07, 6.45) is -0.817. The fourth-order valence-electron chi connectivity index (χ4n) is 2.83. The maximum absolute atomic E-state index is 12.5. The number of benzene rings is 1. The smallest absolute Gasteiger partial charge is 0.422 e. The minimum absolute atomic E-state index is 0.101. The SMILES string of the molecule is CC(NC(=O)c1ccnc(CC(=O)C2CC2)c1)c1ccc(OCC(F)(F)F)cc1. The number of nitrogens with one attached hydrogen (secondary N) is 1. The van der Waals surface area contributed by atoms with Gasteiger partial charge in [0.05, 0.1) is 6.04 Å². The molecule has 5 nitrogen and oxygen atoms in total. The average molecular weight is 406 g/mol. The largest absolute Gasteiger partial charge is 0.484 e. The van der Waals surface area contributed by atoms with Crippen LogP contribution in [0.15, 0.2) is 42.6 Å². The van der Waals surface area contributed by atoms with E-state index in [1.54, 1.807) is 31.2 Å². The van der Waals surface area contributed by atoms with Crippen molar-refractivity contribution >= 4 is 11.7 Å². The van der Waals surface area contributed by atoms with Gasteiger partial charge in [0, 0.05) is 29.8 Å². The number of rotatable bonds is 8. The van der Waals surface area contributed by atoms with Crippen molar-refractivity contribution in [2.24, 2.45) is 5.92 Å². The quantitative estimate of drug-likeness (QED) is 0.719. The Morgan fingerprint density at radius 3 is 2.52 bits per heavy atom. The van der Waals surface area contributed by atoms with Crippen LogP contribution in [0.3, 0.4) is 0 Å². The van der Waals surface area contributed by atoms with Gasteiger partial charge in [0.1, 0.15) is 11.5 Å². The molecule has 0 radical (unpaired) electrons. The number of amides is 1. The number of ketones is 1. The number of ether oxygens (including phenoxy) is 1. The monoisotopic (exact) mass is 406 g/mol. The Morgan fingerprint density at radius 1 is 1.21 bits per heavy atom. The van der Waals surface area contributed by atoms with Gasteiger partial charge in [0.15, 0.2) is 6.61 Å². The van der Waals surface area contributed by atoms with E-state index in [4.69, 9.17) is 0 Å². The van der Waals surface area contributed by atoms with E-state index in [2.05, 4.69) is 15.0 Å². The summed E-state index contributed by atoms with van der Waals surface area (Å²) in [4.78, 5) is 28.6. The minimum atomic E-state index is -4.40. The third kappa shape index (κ3) is 6.30. The summed E-state index contributed by atoms with van der Waals surface area (Å²) in [6, 6.07) is 8.86. The van der Waals surface area contributed by atoms with Crippen LogP contribution in [0.2, 0.25) is 0 Å². The molecular formula is C21H21F3N2O3. The minimum Gasteiger partial charge on any atom is -0.484 e. The molecule has 1 saturated carbocycles. The van der Waals surface area contributed by atoms with Gasteiger partial charge >= 0.3 is 6.18 Å². The van der Waals surface area contributed by atoms with E-state index in [9.17, 15) is 22.8 Å². The number of carbonyl (C=O) groups is 2. The first-order valence-electron chi connectivity index (χ1n) is 9.29. The summed E-state index contributed by atoms with van der Waals surface area (Å²) < 4.78 is 41.3. The lowest BCUT2D eigenvalue weighted by atomic mass is 10.1. The van der Waals surface area contributed by atoms with Gasteiger partial charge in [0.25, 0.3) is 5.91 Å². The molecule has 8 heteroatoms. The summed E-state index contributed by atoms with van der Waals surface area (Å²) in [5, 5.41) is 2.83. The van der Waals surface area contributed by atoms with Crippen molar-refractivity contribution in [3.8, 4) is 5.75 Å². The van der Waals surface area contributed by atoms with E-state index < -0.39 is 12.8 Å². The van der Waals surface area contributed by atoms with Crippen molar-refractivity contribution in [3.63, 3.8) is 0 Å². The van der Waals surface area contributed by atoms with Gasteiger partial charge in [-0.2, -0.15) is 13.2 Å². The van der Waals surface area contributed by atoms with Crippen LogP contribution in [0.25, 0.3) is 0 Å². The first kappa shape index (κ1) is 20.8. The number of nitrogens with zero attached hydrogens (tertiary/aromatic N) is 1. The first-order valence-corrected chi connectivity index (χ1v) is 9.29. The van der Waals surface area contributed by atoms with E-state index in [0.29, 0.717) is 11.3 Å². The molecule has 1 unspecified atom stereocenters. The standard InChI is InChI=1S/C21H21F3N2O3/c1-13(14-4-6-18(7-5-14)29-12-21(22,23)24)26-20(28)16-8-9-25-17(10-16)11-19(27)15-2-3-15/h4-10,13,15H,2-3,11-12H2,1H3,(H,26,28). The molecule has 1 aromatic carbocycles. The van der Waals surface area contributed by atoms with Gasteiger partial charge in [-0.3, -0.25) is 14.6 Å². The molecule has 1 N–H and O–H groups in total. The van der Waals surface area contributed by atoms with Gasteiger partial charge in [-0.1, -0.05) is 12.1 Å². The number of pyridine rings is 1. The highest BCUT2D eigenvalue weighted by atomic mass is 19.4. The van der Waals surface area contributed by atoms with Crippen molar-refractivity contribution in [1.29, 1.82) is 0 Å². The molecule has 0 saturated heterocycles. The van der Waals surface area contributed by atoms with Crippen LogP contribution >= 0.6 is 0 Å². The highest BCUT2D eigenvalue weighted by Crippen LogP contribution is 2.30. The van der Waals surface area contributed by atoms with E-state index in [0.717, 1.165) is 18.4 Å². The Kier molecular flexibility index (Phi) is 6.20. The molecule has 3 rings (SSSR count). The van der Waals surface area contributed by atoms with Crippen LogP contribution in [-0.4, -0.2) is 29.5 Å². The Balaban J connectivity index is 1.57. The maximum atomic E-state index is 12.5. The second-order valence-corrected chi connectivity index (χ2v) is 7.12. The molecule has 29 heavy (non-hydrogen) atoms. The predicted octanol–water partition coefficient (Wildman–Crippen LogP) is 4.04. The first-order chi connectivity index (χ1) is 13.7. The third-order valence-corrected chi connectivity index (χ3v) is 4.60. The molecule has 154 valence electrons. The average Bonchev–Trinajstić information content (AvgIpc) is 3.52. The second kappa shape index (κ2) is 8.63. The zero-order chi connectivity index (χ0) is 21.0. The Hall–Kier alpha value is -2.90. The lowest BCUT2D eigenvalue weighted by molar-refractivity contribution is -0.153. The van der Waals surface area contributed by atoms with Crippen molar-refractivity contribution in [3.05, 3.63) is 59.4 Å². The fraction of sp³-hybridized carbons (Fsp3) is 0.381. The predicted molar refractivity (Wildman–Crippen MR) is 99.5 cm³/mol. The number of alkyl halides is 3. The van der Waals surface area contributed by atoms with Crippen molar-refractivity contribution in [2.45, 2.75) is 38.4 Å². The Morgan fingerprint density at radius 2 is 1.90 bits per heavy atom. The van der Waals surface area contributed by atoms with Crippen molar-refractivity contribution < 1.29 is 27.5 Å². The lowest BCUT2D eigenvalue weighted by Gasteiger charge is -2.16. The van der Waals surface area contributed by atoms with Gasteiger partial charge in [-0.05, 0) is 49.6 Å². The van der Waals surface area contributed by atoms with Crippen molar-refractivity contribution in [1.82, 2.24) is 10.3 Å². The fourth-order valence-corrected chi connectivity index (χ4v) is 2.83. The number of hydrogen-bond acceptors (Lipinski definition) is 4. The summed E-state index contributed by atoms with van der Waals surface area (Å²) in [7, 11) is 0. The van der Waals surface area contributed by atoms with Crippen LogP contribution in [0, 0.1) is 5.92 Å². The van der Waals surface area contributed by atoms with Crippen LogP contribution < -0.4 is 10.1 Å². The molecule has 1 aliphatic rings. The molecule has 1 heterocycles. The number of aromatic nitrogens is 1. The molecule has 2 aromatic rings. The summed E-state index contributed by atoms with van der Waals surface area (Å²) in [5.41, 5.74) is 1.68. The zero-order valence-corrected chi connectivity index (χ0v) is 15.8. The third-order valence-electron chi connectivity index (χ3n) is 4.60. The van der Waals surface area contributed by atoms with Gasteiger partial charge in [-0.25, -0.2) is 0 Å². The summed E-state index contributed by atoms with van der Waals surface area (Å²) in [5.74, 6) is 0.0646. The van der Waals surface area contributed by atoms with Gasteiger partial charge in [-0.15, -0.1) is 0 Å². The maximum Gasteiger partial charge on any atom is 0.422 e.